The first-order valence-corrected chi connectivity index (χ1v) is 6.62. The van der Waals surface area contributed by atoms with Crippen molar-refractivity contribution in [3.8, 4) is 5.88 Å². The number of pyridine rings is 1. The molecule has 1 fully saturated rings. The van der Waals surface area contributed by atoms with Gasteiger partial charge in [0.05, 0.1) is 12.8 Å². The largest absolute Gasteiger partial charge is 0.481 e. The first kappa shape index (κ1) is 13.3. The van der Waals surface area contributed by atoms with Gasteiger partial charge in [-0.25, -0.2) is 4.98 Å². The summed E-state index contributed by atoms with van der Waals surface area (Å²) in [6.45, 7) is 8.62. The molecule has 0 bridgehead atoms. The van der Waals surface area contributed by atoms with Gasteiger partial charge in [0.25, 0.3) is 0 Å². The lowest BCUT2D eigenvalue weighted by Crippen LogP contribution is -2.58. The quantitative estimate of drug-likeness (QED) is 0.880. The lowest BCUT2D eigenvalue weighted by atomic mass is 9.96. The maximum atomic E-state index is 5.16. The number of methoxy groups -OCH3 is 1. The molecule has 1 N–H and O–H groups in total. The zero-order valence-electron chi connectivity index (χ0n) is 11.6. The molecule has 1 aliphatic rings. The molecule has 2 rings (SSSR count). The van der Waals surface area contributed by atoms with Gasteiger partial charge in [0, 0.05) is 37.8 Å². The van der Waals surface area contributed by atoms with Gasteiger partial charge in [0.15, 0.2) is 0 Å². The second-order valence-corrected chi connectivity index (χ2v) is 5.22. The average Bonchev–Trinajstić information content (AvgIpc) is 2.39. The van der Waals surface area contributed by atoms with Crippen LogP contribution in [0.5, 0.6) is 5.88 Å². The van der Waals surface area contributed by atoms with Gasteiger partial charge in [0.2, 0.25) is 5.88 Å². The van der Waals surface area contributed by atoms with E-state index in [0.717, 1.165) is 38.3 Å². The molecule has 1 saturated heterocycles. The minimum atomic E-state index is 0.233. The van der Waals surface area contributed by atoms with Crippen LogP contribution in [0, 0.1) is 0 Å². The molecule has 4 heteroatoms. The minimum Gasteiger partial charge on any atom is -0.481 e. The molecule has 1 atom stereocenters. The van der Waals surface area contributed by atoms with E-state index in [2.05, 4.69) is 35.1 Å². The first-order chi connectivity index (χ1) is 8.65. The number of nitrogens with one attached hydrogen (secondary N) is 1. The fraction of sp³-hybridized carbons (Fsp3) is 0.643. The van der Waals surface area contributed by atoms with E-state index in [-0.39, 0.29) is 5.54 Å². The van der Waals surface area contributed by atoms with E-state index in [9.17, 15) is 0 Å². The lowest BCUT2D eigenvalue weighted by Gasteiger charge is -2.41. The van der Waals surface area contributed by atoms with E-state index in [0.29, 0.717) is 5.88 Å². The molecule has 0 aromatic carbocycles. The third-order valence-electron chi connectivity index (χ3n) is 3.71. The zero-order valence-corrected chi connectivity index (χ0v) is 11.6. The van der Waals surface area contributed by atoms with Crippen LogP contribution in [-0.2, 0) is 6.54 Å². The van der Waals surface area contributed by atoms with Gasteiger partial charge in [-0.15, -0.1) is 0 Å². The Labute approximate surface area is 109 Å². The van der Waals surface area contributed by atoms with Crippen molar-refractivity contribution >= 4 is 0 Å². The van der Waals surface area contributed by atoms with Crippen LogP contribution < -0.4 is 10.1 Å². The van der Waals surface area contributed by atoms with Crippen molar-refractivity contribution in [2.45, 2.75) is 32.4 Å². The van der Waals surface area contributed by atoms with E-state index < -0.39 is 0 Å². The summed E-state index contributed by atoms with van der Waals surface area (Å²) in [5.41, 5.74) is 1.31. The smallest absolute Gasteiger partial charge is 0.213 e. The zero-order chi connectivity index (χ0) is 13.0. The summed E-state index contributed by atoms with van der Waals surface area (Å²) < 4.78 is 5.16. The van der Waals surface area contributed by atoms with Gasteiger partial charge < -0.3 is 10.1 Å². The molecular weight excluding hydrogens is 226 g/mol. The topological polar surface area (TPSA) is 37.4 Å². The predicted octanol–water partition coefficient (Wildman–Crippen LogP) is 1.66. The first-order valence-electron chi connectivity index (χ1n) is 6.62. The Morgan fingerprint density at radius 1 is 1.50 bits per heavy atom. The maximum absolute atomic E-state index is 5.16. The Morgan fingerprint density at radius 3 is 3.06 bits per heavy atom. The van der Waals surface area contributed by atoms with Gasteiger partial charge in [-0.3, -0.25) is 4.90 Å². The van der Waals surface area contributed by atoms with Crippen LogP contribution in [0.25, 0.3) is 0 Å². The number of hydrogen-bond acceptors (Lipinski definition) is 4. The molecule has 2 heterocycles. The third kappa shape index (κ3) is 3.21. The second-order valence-electron chi connectivity index (χ2n) is 5.22. The predicted molar refractivity (Wildman–Crippen MR) is 72.8 cm³/mol. The molecule has 1 aliphatic heterocycles. The van der Waals surface area contributed by atoms with Crippen molar-refractivity contribution in [3.05, 3.63) is 23.9 Å². The van der Waals surface area contributed by atoms with E-state index in [1.54, 1.807) is 7.11 Å². The molecule has 0 radical (unpaired) electrons. The summed E-state index contributed by atoms with van der Waals surface area (Å²) in [5.74, 6) is 0.695. The maximum Gasteiger partial charge on any atom is 0.213 e. The van der Waals surface area contributed by atoms with E-state index in [4.69, 9.17) is 4.74 Å². The van der Waals surface area contributed by atoms with Gasteiger partial charge in [-0.05, 0) is 19.4 Å². The Morgan fingerprint density at radius 2 is 2.33 bits per heavy atom. The van der Waals surface area contributed by atoms with Crippen LogP contribution in [0.15, 0.2) is 18.2 Å². The molecule has 0 saturated carbocycles. The van der Waals surface area contributed by atoms with Crippen molar-refractivity contribution in [3.63, 3.8) is 0 Å². The highest BCUT2D eigenvalue weighted by molar-refractivity contribution is 5.15. The second kappa shape index (κ2) is 5.67. The van der Waals surface area contributed by atoms with Crippen LogP contribution in [0.4, 0.5) is 0 Å². The van der Waals surface area contributed by atoms with Crippen molar-refractivity contribution in [2.24, 2.45) is 0 Å². The highest BCUT2D eigenvalue weighted by atomic mass is 16.5. The van der Waals surface area contributed by atoms with Gasteiger partial charge in [-0.2, -0.15) is 0 Å². The van der Waals surface area contributed by atoms with Crippen molar-refractivity contribution in [1.82, 2.24) is 15.2 Å². The molecule has 100 valence electrons. The number of piperazine rings is 1. The SMILES string of the molecule is CCC1(C)CN(Cc2cccc(OC)n2)CCN1. The van der Waals surface area contributed by atoms with Gasteiger partial charge >= 0.3 is 0 Å². The third-order valence-corrected chi connectivity index (χ3v) is 3.71. The normalized spacial score (nSPS) is 25.1. The van der Waals surface area contributed by atoms with E-state index >= 15 is 0 Å². The Kier molecular flexibility index (Phi) is 4.19. The van der Waals surface area contributed by atoms with Crippen LogP contribution in [0.2, 0.25) is 0 Å². The molecule has 1 aromatic rings. The van der Waals surface area contributed by atoms with E-state index in [1.165, 1.54) is 0 Å². The number of hydrogen-bond donors (Lipinski definition) is 1. The molecule has 1 aromatic heterocycles. The highest BCUT2D eigenvalue weighted by Gasteiger charge is 2.28. The van der Waals surface area contributed by atoms with Crippen molar-refractivity contribution < 1.29 is 4.74 Å². The number of ether oxygens (including phenoxy) is 1. The molecule has 0 aliphatic carbocycles. The Bertz CT molecular complexity index is 396. The fourth-order valence-electron chi connectivity index (χ4n) is 2.40. The number of nitrogens with zero attached hydrogens (tertiary/aromatic N) is 2. The van der Waals surface area contributed by atoms with Crippen molar-refractivity contribution in [2.75, 3.05) is 26.7 Å². The van der Waals surface area contributed by atoms with Crippen LogP contribution in [-0.4, -0.2) is 42.2 Å². The fourth-order valence-corrected chi connectivity index (χ4v) is 2.40. The summed E-state index contributed by atoms with van der Waals surface area (Å²) in [4.78, 5) is 6.93. The molecule has 1 unspecified atom stereocenters. The van der Waals surface area contributed by atoms with Crippen LogP contribution >= 0.6 is 0 Å². The van der Waals surface area contributed by atoms with E-state index in [1.807, 2.05) is 12.1 Å². The summed E-state index contributed by atoms with van der Waals surface area (Å²) in [6, 6.07) is 5.95. The van der Waals surface area contributed by atoms with Gasteiger partial charge in [0.1, 0.15) is 0 Å². The molecule has 0 spiro atoms. The number of rotatable bonds is 4. The molecule has 0 amide bonds. The monoisotopic (exact) mass is 249 g/mol. The summed E-state index contributed by atoms with van der Waals surface area (Å²) in [7, 11) is 1.66. The van der Waals surface area contributed by atoms with Gasteiger partial charge in [-0.1, -0.05) is 13.0 Å². The molecule has 4 nitrogen and oxygen atoms in total. The van der Waals surface area contributed by atoms with Crippen molar-refractivity contribution in [1.29, 1.82) is 0 Å². The minimum absolute atomic E-state index is 0.233. The Balaban J connectivity index is 2.00. The highest BCUT2D eigenvalue weighted by Crippen LogP contribution is 2.17. The summed E-state index contributed by atoms with van der Waals surface area (Å²) in [6.07, 6.45) is 1.15. The summed E-state index contributed by atoms with van der Waals surface area (Å²) in [5, 5.41) is 3.60. The average molecular weight is 249 g/mol. The van der Waals surface area contributed by atoms with Crippen LogP contribution in [0.3, 0.4) is 0 Å². The lowest BCUT2D eigenvalue weighted by molar-refractivity contribution is 0.132. The Hall–Kier alpha value is -1.13. The molecule has 18 heavy (non-hydrogen) atoms. The standard InChI is InChI=1S/C14H23N3O/c1-4-14(2)11-17(9-8-15-14)10-12-6-5-7-13(16-12)18-3/h5-7,15H,4,8-11H2,1-3H3. The number of aromatic nitrogens is 1. The van der Waals surface area contributed by atoms with Crippen LogP contribution in [0.1, 0.15) is 26.0 Å². The summed E-state index contributed by atoms with van der Waals surface area (Å²) >= 11 is 0. The molecular formula is C14H23N3O.